The molecule has 3 heterocycles. The van der Waals surface area contributed by atoms with Crippen LogP contribution in [0.5, 0.6) is 11.5 Å². The Morgan fingerprint density at radius 3 is 2.64 bits per heavy atom. The first-order valence-corrected chi connectivity index (χ1v) is 11.0. The highest BCUT2D eigenvalue weighted by atomic mass is 16.5. The Labute approximate surface area is 192 Å². The Kier molecular flexibility index (Phi) is 5.46. The molecule has 1 saturated heterocycles. The Morgan fingerprint density at radius 1 is 1.06 bits per heavy atom. The number of rotatable bonds is 6. The highest BCUT2D eigenvalue weighted by Gasteiger charge is 2.48. The number of piperazine rings is 1. The van der Waals surface area contributed by atoms with E-state index in [0.717, 1.165) is 27.7 Å². The Morgan fingerprint density at radius 2 is 1.88 bits per heavy atom. The van der Waals surface area contributed by atoms with E-state index in [-0.39, 0.29) is 18.4 Å². The summed E-state index contributed by atoms with van der Waals surface area (Å²) in [6.07, 6.45) is 0.455. The minimum atomic E-state index is -0.601. The second-order valence-electron chi connectivity index (χ2n) is 8.35. The third kappa shape index (κ3) is 3.41. The molecule has 5 rings (SSSR count). The topological polar surface area (TPSA) is 84.1 Å². The molecule has 33 heavy (non-hydrogen) atoms. The predicted octanol–water partition coefficient (Wildman–Crippen LogP) is 2.52. The van der Waals surface area contributed by atoms with Crippen LogP contribution in [-0.4, -0.2) is 73.7 Å². The second-order valence-corrected chi connectivity index (χ2v) is 8.35. The van der Waals surface area contributed by atoms with Gasteiger partial charge in [-0.15, -0.1) is 0 Å². The fourth-order valence-electron chi connectivity index (χ4n) is 5.09. The van der Waals surface area contributed by atoms with E-state index in [0.29, 0.717) is 31.1 Å². The summed E-state index contributed by atoms with van der Waals surface area (Å²) in [5.41, 5.74) is 3.72. The molecule has 1 N–H and O–H groups in total. The number of hydrogen-bond acceptors (Lipinski definition) is 5. The fourth-order valence-corrected chi connectivity index (χ4v) is 5.09. The van der Waals surface area contributed by atoms with E-state index >= 15 is 0 Å². The summed E-state index contributed by atoms with van der Waals surface area (Å²) in [6, 6.07) is 12.5. The average Bonchev–Trinajstić information content (AvgIpc) is 3.22. The molecular formula is C25H27N3O5. The Balaban J connectivity index is 1.71. The SMILES string of the molecule is COCCN1CC(=O)N2C(Cc3c([nH]c4ccccc34)C2c2cc(OC)ccc2OC)C1=O. The number of hydrogen-bond donors (Lipinski definition) is 1. The van der Waals surface area contributed by atoms with Gasteiger partial charge < -0.3 is 29.0 Å². The number of amides is 2. The van der Waals surface area contributed by atoms with Gasteiger partial charge in [0.2, 0.25) is 11.8 Å². The molecule has 0 aliphatic carbocycles. The number of nitrogens with one attached hydrogen (secondary N) is 1. The van der Waals surface area contributed by atoms with Crippen molar-refractivity contribution < 1.29 is 23.8 Å². The number of carbonyl (C=O) groups excluding carboxylic acids is 2. The zero-order chi connectivity index (χ0) is 23.1. The van der Waals surface area contributed by atoms with E-state index in [9.17, 15) is 9.59 Å². The molecule has 3 aromatic rings. The van der Waals surface area contributed by atoms with Gasteiger partial charge in [-0.05, 0) is 29.8 Å². The van der Waals surface area contributed by atoms with Crippen LogP contribution in [0.3, 0.4) is 0 Å². The van der Waals surface area contributed by atoms with Crippen LogP contribution in [0, 0.1) is 0 Å². The van der Waals surface area contributed by atoms with Crippen LogP contribution >= 0.6 is 0 Å². The molecule has 2 atom stereocenters. The first-order valence-electron chi connectivity index (χ1n) is 11.0. The predicted molar refractivity (Wildman–Crippen MR) is 122 cm³/mol. The summed E-state index contributed by atoms with van der Waals surface area (Å²) in [5, 5.41) is 1.06. The largest absolute Gasteiger partial charge is 0.497 e. The molecule has 2 aliphatic heterocycles. The molecule has 0 spiro atoms. The summed E-state index contributed by atoms with van der Waals surface area (Å²) < 4.78 is 16.3. The summed E-state index contributed by atoms with van der Waals surface area (Å²) in [4.78, 5) is 33.9. The number of para-hydroxylation sites is 1. The van der Waals surface area contributed by atoms with E-state index in [1.165, 1.54) is 0 Å². The molecule has 8 nitrogen and oxygen atoms in total. The maximum atomic E-state index is 13.5. The average molecular weight is 450 g/mol. The van der Waals surface area contributed by atoms with E-state index in [2.05, 4.69) is 11.1 Å². The van der Waals surface area contributed by atoms with Crippen molar-refractivity contribution in [2.24, 2.45) is 0 Å². The third-order valence-electron chi connectivity index (χ3n) is 6.64. The van der Waals surface area contributed by atoms with E-state index < -0.39 is 12.1 Å². The zero-order valence-corrected chi connectivity index (χ0v) is 19.0. The molecule has 2 unspecified atom stereocenters. The number of aromatic amines is 1. The summed E-state index contributed by atoms with van der Waals surface area (Å²) in [7, 11) is 4.80. The third-order valence-corrected chi connectivity index (χ3v) is 6.64. The van der Waals surface area contributed by atoms with Crippen molar-refractivity contribution in [3.05, 3.63) is 59.3 Å². The number of nitrogens with zero attached hydrogens (tertiary/aromatic N) is 2. The fraction of sp³-hybridized carbons (Fsp3) is 0.360. The van der Waals surface area contributed by atoms with Gasteiger partial charge in [0, 0.05) is 42.2 Å². The molecule has 2 aromatic carbocycles. The molecule has 0 bridgehead atoms. The van der Waals surface area contributed by atoms with Crippen molar-refractivity contribution in [3.63, 3.8) is 0 Å². The van der Waals surface area contributed by atoms with E-state index in [1.54, 1.807) is 31.1 Å². The number of benzene rings is 2. The molecule has 0 radical (unpaired) electrons. The van der Waals surface area contributed by atoms with Gasteiger partial charge in [0.15, 0.2) is 0 Å². The number of aromatic nitrogens is 1. The smallest absolute Gasteiger partial charge is 0.246 e. The summed E-state index contributed by atoms with van der Waals surface area (Å²) in [5.74, 6) is 1.13. The lowest BCUT2D eigenvalue weighted by Gasteiger charge is -2.47. The lowest BCUT2D eigenvalue weighted by atomic mass is 9.85. The van der Waals surface area contributed by atoms with Crippen LogP contribution in [0.1, 0.15) is 22.9 Å². The van der Waals surface area contributed by atoms with Gasteiger partial charge in [-0.1, -0.05) is 18.2 Å². The van der Waals surface area contributed by atoms with Crippen molar-refractivity contribution in [1.29, 1.82) is 0 Å². The molecule has 172 valence electrons. The highest BCUT2D eigenvalue weighted by molar-refractivity contribution is 5.97. The standard InChI is InChI=1S/C25H27N3O5/c1-31-11-10-27-14-22(29)28-20(25(27)30)13-17-16-6-4-5-7-19(16)26-23(17)24(28)18-12-15(32-2)8-9-21(18)33-3/h4-9,12,20,24,26H,10-11,13-14H2,1-3H3. The monoisotopic (exact) mass is 449 g/mol. The molecule has 1 fully saturated rings. The van der Waals surface area contributed by atoms with Crippen molar-refractivity contribution >= 4 is 22.7 Å². The minimum Gasteiger partial charge on any atom is -0.497 e. The number of ether oxygens (including phenoxy) is 3. The van der Waals surface area contributed by atoms with E-state index in [4.69, 9.17) is 14.2 Å². The van der Waals surface area contributed by atoms with Gasteiger partial charge in [-0.2, -0.15) is 0 Å². The molecule has 2 amide bonds. The number of methoxy groups -OCH3 is 3. The molecule has 1 aromatic heterocycles. The van der Waals surface area contributed by atoms with Gasteiger partial charge in [-0.3, -0.25) is 9.59 Å². The van der Waals surface area contributed by atoms with Crippen LogP contribution < -0.4 is 9.47 Å². The lowest BCUT2D eigenvalue weighted by Crippen LogP contribution is -2.63. The second kappa shape index (κ2) is 8.44. The van der Waals surface area contributed by atoms with Crippen molar-refractivity contribution in [2.75, 3.05) is 41.0 Å². The van der Waals surface area contributed by atoms with Gasteiger partial charge >= 0.3 is 0 Å². The maximum Gasteiger partial charge on any atom is 0.246 e. The molecule has 2 aliphatic rings. The van der Waals surface area contributed by atoms with Gasteiger partial charge in [-0.25, -0.2) is 0 Å². The quantitative estimate of drug-likeness (QED) is 0.625. The summed E-state index contributed by atoms with van der Waals surface area (Å²) >= 11 is 0. The van der Waals surface area contributed by atoms with Crippen molar-refractivity contribution in [1.82, 2.24) is 14.8 Å². The number of fused-ring (bicyclic) bond motifs is 4. The summed E-state index contributed by atoms with van der Waals surface area (Å²) in [6.45, 7) is 0.799. The molecule has 8 heteroatoms. The van der Waals surface area contributed by atoms with E-state index in [1.807, 2.05) is 36.4 Å². The molecule has 0 saturated carbocycles. The highest BCUT2D eigenvalue weighted by Crippen LogP contribution is 2.45. The zero-order valence-electron chi connectivity index (χ0n) is 19.0. The van der Waals surface area contributed by atoms with Gasteiger partial charge in [0.1, 0.15) is 23.6 Å². The first-order chi connectivity index (χ1) is 16.1. The number of H-pyrrole nitrogens is 1. The van der Waals surface area contributed by atoms with Crippen LogP contribution in [0.15, 0.2) is 42.5 Å². The van der Waals surface area contributed by atoms with Crippen LogP contribution in [0.4, 0.5) is 0 Å². The van der Waals surface area contributed by atoms with Crippen LogP contribution in [0.25, 0.3) is 10.9 Å². The normalized spacial score (nSPS) is 20.1. The van der Waals surface area contributed by atoms with Crippen molar-refractivity contribution in [3.8, 4) is 11.5 Å². The Hall–Kier alpha value is -3.52. The lowest BCUT2D eigenvalue weighted by molar-refractivity contribution is -0.159. The van der Waals surface area contributed by atoms with Crippen LogP contribution in [-0.2, 0) is 20.7 Å². The Bertz CT molecular complexity index is 1220. The number of carbonyl (C=O) groups is 2. The molecular weight excluding hydrogens is 422 g/mol. The minimum absolute atomic E-state index is 0.0248. The van der Waals surface area contributed by atoms with Crippen LogP contribution in [0.2, 0.25) is 0 Å². The van der Waals surface area contributed by atoms with Gasteiger partial charge in [0.25, 0.3) is 0 Å². The van der Waals surface area contributed by atoms with Crippen molar-refractivity contribution in [2.45, 2.75) is 18.5 Å². The first kappa shape index (κ1) is 21.3. The van der Waals surface area contributed by atoms with Gasteiger partial charge in [0.05, 0.1) is 27.4 Å². The maximum absolute atomic E-state index is 13.5.